The van der Waals surface area contributed by atoms with Gasteiger partial charge in [0.1, 0.15) is 5.58 Å². The van der Waals surface area contributed by atoms with E-state index in [9.17, 15) is 0 Å². The van der Waals surface area contributed by atoms with E-state index in [0.29, 0.717) is 0 Å². The molecule has 0 N–H and O–H groups in total. The summed E-state index contributed by atoms with van der Waals surface area (Å²) in [6, 6.07) is 41.0. The molecule has 0 saturated carbocycles. The minimum absolute atomic E-state index is 0.920. The zero-order valence-corrected chi connectivity index (χ0v) is 18.0. The predicted molar refractivity (Wildman–Crippen MR) is 140 cm³/mol. The molecule has 0 aliphatic heterocycles. The van der Waals surface area contributed by atoms with Crippen LogP contribution in [0.4, 0.5) is 0 Å². The van der Waals surface area contributed by atoms with Crippen molar-refractivity contribution >= 4 is 43.3 Å². The molecule has 0 radical (unpaired) electrons. The molecule has 1 heterocycles. The molecule has 154 valence electrons. The van der Waals surface area contributed by atoms with Crippen LogP contribution in [-0.2, 0) is 0 Å². The number of fused-ring (bicyclic) bond motifs is 5. The number of hydrogen-bond donors (Lipinski definition) is 0. The van der Waals surface area contributed by atoms with Crippen molar-refractivity contribution in [3.8, 4) is 22.3 Å². The summed E-state index contributed by atoms with van der Waals surface area (Å²) in [7, 11) is 0. The highest BCUT2D eigenvalue weighted by Crippen LogP contribution is 2.46. The van der Waals surface area contributed by atoms with Crippen LogP contribution in [0.3, 0.4) is 0 Å². The summed E-state index contributed by atoms with van der Waals surface area (Å²) < 4.78 is 6.12. The minimum Gasteiger partial charge on any atom is -0.464 e. The SMILES string of the molecule is c1ccc(-c2c3ccccc3c(-c3coc4ccc5ccccc5c34)c3ccccc23)cc1. The van der Waals surface area contributed by atoms with Gasteiger partial charge in [-0.1, -0.05) is 109 Å². The van der Waals surface area contributed by atoms with Crippen LogP contribution in [0.5, 0.6) is 0 Å². The molecule has 6 aromatic carbocycles. The van der Waals surface area contributed by atoms with Crippen molar-refractivity contribution in [1.29, 1.82) is 0 Å². The third kappa shape index (κ3) is 2.66. The van der Waals surface area contributed by atoms with E-state index in [1.54, 1.807) is 0 Å². The molecule has 0 bridgehead atoms. The average molecular weight is 421 g/mol. The number of hydrogen-bond acceptors (Lipinski definition) is 1. The van der Waals surface area contributed by atoms with Gasteiger partial charge in [-0.25, -0.2) is 0 Å². The molecule has 1 aromatic heterocycles. The molecule has 0 spiro atoms. The molecular weight excluding hydrogens is 400 g/mol. The van der Waals surface area contributed by atoms with Gasteiger partial charge in [0.25, 0.3) is 0 Å². The van der Waals surface area contributed by atoms with Crippen LogP contribution in [-0.4, -0.2) is 0 Å². The Morgan fingerprint density at radius 2 is 0.970 bits per heavy atom. The van der Waals surface area contributed by atoms with E-state index in [-0.39, 0.29) is 0 Å². The van der Waals surface area contributed by atoms with Gasteiger partial charge in [-0.3, -0.25) is 0 Å². The Kier molecular flexibility index (Phi) is 3.91. The molecule has 1 nitrogen and oxygen atoms in total. The predicted octanol–water partition coefficient (Wildman–Crippen LogP) is 9.23. The average Bonchev–Trinajstić information content (AvgIpc) is 3.32. The summed E-state index contributed by atoms with van der Waals surface area (Å²) in [6.45, 7) is 0. The lowest BCUT2D eigenvalue weighted by molar-refractivity contribution is 0.617. The summed E-state index contributed by atoms with van der Waals surface area (Å²) in [5.41, 5.74) is 5.82. The lowest BCUT2D eigenvalue weighted by atomic mass is 9.85. The monoisotopic (exact) mass is 420 g/mol. The highest BCUT2D eigenvalue weighted by molar-refractivity contribution is 6.25. The van der Waals surface area contributed by atoms with Crippen molar-refractivity contribution in [3.63, 3.8) is 0 Å². The number of benzene rings is 6. The summed E-state index contributed by atoms with van der Waals surface area (Å²) in [5, 5.41) is 8.62. The van der Waals surface area contributed by atoms with Crippen LogP contribution in [0.2, 0.25) is 0 Å². The largest absolute Gasteiger partial charge is 0.464 e. The standard InChI is InChI=1S/C32H20O/c1-2-11-22(12-3-1)30-24-14-6-8-16-26(24)31(27-17-9-7-15-25(27)30)28-20-33-29-19-18-21-10-4-5-13-23(21)32(28)29/h1-20H. The van der Waals surface area contributed by atoms with Crippen molar-refractivity contribution in [2.24, 2.45) is 0 Å². The first-order valence-corrected chi connectivity index (χ1v) is 11.3. The van der Waals surface area contributed by atoms with Gasteiger partial charge in [0, 0.05) is 16.5 Å². The molecule has 1 heteroatoms. The second-order valence-electron chi connectivity index (χ2n) is 8.52. The van der Waals surface area contributed by atoms with E-state index < -0.39 is 0 Å². The zero-order chi connectivity index (χ0) is 21.8. The van der Waals surface area contributed by atoms with E-state index in [1.807, 2.05) is 6.26 Å². The van der Waals surface area contributed by atoms with Gasteiger partial charge < -0.3 is 4.42 Å². The van der Waals surface area contributed by atoms with E-state index in [0.717, 1.165) is 11.1 Å². The van der Waals surface area contributed by atoms with E-state index >= 15 is 0 Å². The van der Waals surface area contributed by atoms with Crippen LogP contribution in [0.1, 0.15) is 0 Å². The lowest BCUT2D eigenvalue weighted by Crippen LogP contribution is -1.90. The van der Waals surface area contributed by atoms with Gasteiger partial charge >= 0.3 is 0 Å². The normalized spacial score (nSPS) is 11.6. The van der Waals surface area contributed by atoms with Gasteiger partial charge in [-0.2, -0.15) is 0 Å². The van der Waals surface area contributed by atoms with Crippen molar-refractivity contribution in [1.82, 2.24) is 0 Å². The molecule has 0 saturated heterocycles. The molecule has 7 aromatic rings. The Balaban J connectivity index is 1.70. The second-order valence-corrected chi connectivity index (χ2v) is 8.52. The quantitative estimate of drug-likeness (QED) is 0.254. The maximum Gasteiger partial charge on any atom is 0.135 e. The van der Waals surface area contributed by atoms with Gasteiger partial charge in [0.05, 0.1) is 6.26 Å². The van der Waals surface area contributed by atoms with Crippen LogP contribution < -0.4 is 0 Å². The third-order valence-electron chi connectivity index (χ3n) is 6.73. The molecule has 0 aliphatic rings. The van der Waals surface area contributed by atoms with E-state index in [4.69, 9.17) is 4.42 Å². The van der Waals surface area contributed by atoms with Crippen molar-refractivity contribution in [2.75, 3.05) is 0 Å². The van der Waals surface area contributed by atoms with Crippen LogP contribution in [0, 0.1) is 0 Å². The van der Waals surface area contributed by atoms with Crippen molar-refractivity contribution in [3.05, 3.63) is 122 Å². The Bertz CT molecular complexity index is 1750. The van der Waals surface area contributed by atoms with Gasteiger partial charge in [-0.15, -0.1) is 0 Å². The molecule has 0 atom stereocenters. The molecule has 0 aliphatic carbocycles. The number of rotatable bonds is 2. The van der Waals surface area contributed by atoms with Crippen LogP contribution in [0.15, 0.2) is 126 Å². The summed E-state index contributed by atoms with van der Waals surface area (Å²) in [6.07, 6.45) is 1.94. The van der Waals surface area contributed by atoms with Gasteiger partial charge in [0.15, 0.2) is 0 Å². The topological polar surface area (TPSA) is 13.1 Å². The molecular formula is C32H20O. The molecule has 0 unspecified atom stereocenters. The first kappa shape index (κ1) is 18.2. The molecule has 33 heavy (non-hydrogen) atoms. The van der Waals surface area contributed by atoms with E-state index in [1.165, 1.54) is 54.4 Å². The lowest BCUT2D eigenvalue weighted by Gasteiger charge is -2.17. The Morgan fingerprint density at radius 1 is 0.424 bits per heavy atom. The zero-order valence-electron chi connectivity index (χ0n) is 18.0. The van der Waals surface area contributed by atoms with Crippen LogP contribution in [0.25, 0.3) is 65.5 Å². The van der Waals surface area contributed by atoms with Gasteiger partial charge in [0.2, 0.25) is 0 Å². The molecule has 7 rings (SSSR count). The highest BCUT2D eigenvalue weighted by Gasteiger charge is 2.20. The molecule has 0 amide bonds. The summed E-state index contributed by atoms with van der Waals surface area (Å²) in [4.78, 5) is 0. The molecule has 0 fully saturated rings. The first-order valence-electron chi connectivity index (χ1n) is 11.3. The van der Waals surface area contributed by atoms with Crippen molar-refractivity contribution in [2.45, 2.75) is 0 Å². The Labute approximate surface area is 191 Å². The fourth-order valence-electron chi connectivity index (χ4n) is 5.33. The Morgan fingerprint density at radius 3 is 1.64 bits per heavy atom. The smallest absolute Gasteiger partial charge is 0.135 e. The summed E-state index contributed by atoms with van der Waals surface area (Å²) in [5.74, 6) is 0. The number of furan rings is 1. The minimum atomic E-state index is 0.920. The first-order chi connectivity index (χ1) is 16.4. The highest BCUT2D eigenvalue weighted by atomic mass is 16.3. The summed E-state index contributed by atoms with van der Waals surface area (Å²) >= 11 is 0. The van der Waals surface area contributed by atoms with E-state index in [2.05, 4.69) is 115 Å². The Hall–Kier alpha value is -4.36. The maximum absolute atomic E-state index is 6.12. The fourth-order valence-corrected chi connectivity index (χ4v) is 5.33. The third-order valence-corrected chi connectivity index (χ3v) is 6.73. The second kappa shape index (κ2) is 7.08. The maximum atomic E-state index is 6.12. The fraction of sp³-hybridized carbons (Fsp3) is 0. The van der Waals surface area contributed by atoms with Crippen LogP contribution >= 0.6 is 0 Å². The van der Waals surface area contributed by atoms with Crippen molar-refractivity contribution < 1.29 is 4.42 Å². The van der Waals surface area contributed by atoms with Gasteiger partial charge in [-0.05, 0) is 49.5 Å².